The van der Waals surface area contributed by atoms with Gasteiger partial charge in [0.05, 0.1) is 17.7 Å². The van der Waals surface area contributed by atoms with E-state index in [-0.39, 0.29) is 35.2 Å². The van der Waals surface area contributed by atoms with Gasteiger partial charge in [0.2, 0.25) is 11.8 Å². The Balaban J connectivity index is 1.85. The van der Waals surface area contributed by atoms with Crippen molar-refractivity contribution >= 4 is 50.7 Å². The van der Waals surface area contributed by atoms with Crippen LogP contribution in [-0.4, -0.2) is 51.4 Å². The van der Waals surface area contributed by atoms with Crippen LogP contribution in [0.15, 0.2) is 102 Å². The van der Waals surface area contributed by atoms with Gasteiger partial charge in [0.15, 0.2) is 0 Å². The lowest BCUT2D eigenvalue weighted by atomic mass is 10.0. The summed E-state index contributed by atoms with van der Waals surface area (Å²) in [6.07, 6.45) is 1.82. The molecule has 0 spiro atoms. The third-order valence-corrected chi connectivity index (χ3v) is 10.0. The number of ether oxygens (including phenoxy) is 1. The number of carbonyl (C=O) groups excluding carboxylic acids is 2. The Morgan fingerprint density at radius 1 is 0.915 bits per heavy atom. The molecule has 4 rings (SSSR count). The third-order valence-electron chi connectivity index (χ3n) is 7.67. The van der Waals surface area contributed by atoms with Crippen molar-refractivity contribution in [3.05, 3.63) is 124 Å². The number of anilines is 1. The smallest absolute Gasteiger partial charge is 0.264 e. The van der Waals surface area contributed by atoms with Gasteiger partial charge in [0.25, 0.3) is 10.0 Å². The second kappa shape index (κ2) is 16.7. The Morgan fingerprint density at radius 2 is 1.60 bits per heavy atom. The van der Waals surface area contributed by atoms with Crippen molar-refractivity contribution in [3.8, 4) is 5.75 Å². The Bertz CT molecular complexity index is 1770. The summed E-state index contributed by atoms with van der Waals surface area (Å²) >= 11 is 12.8. The number of carbonyl (C=O) groups is 2. The molecule has 0 bridgehead atoms. The summed E-state index contributed by atoms with van der Waals surface area (Å²) in [5.41, 5.74) is 2.34. The molecule has 1 N–H and O–H groups in total. The first kappa shape index (κ1) is 35.8. The molecule has 4 aromatic carbocycles. The highest BCUT2D eigenvalue weighted by Crippen LogP contribution is 2.34. The summed E-state index contributed by atoms with van der Waals surface area (Å²) in [5, 5.41) is 3.71. The standard InChI is InChI=1S/C36H39Cl2N3O5S/c1-4-5-20-39-36(43)33(22-27-12-8-6-9-13-27)40(24-28-17-18-29(37)23-31(28)38)35(42)25-41(32-21-26(2)16-19-34(32)46-3)47(44,45)30-14-10-7-11-15-30/h6-19,21,23,33H,4-5,20,22,24-25H2,1-3H3,(H,39,43)/t33-/m0/s1. The Morgan fingerprint density at radius 3 is 2.23 bits per heavy atom. The number of rotatable bonds is 15. The quantitative estimate of drug-likeness (QED) is 0.134. The van der Waals surface area contributed by atoms with Crippen LogP contribution >= 0.6 is 23.2 Å². The average molecular weight is 697 g/mol. The highest BCUT2D eigenvalue weighted by molar-refractivity contribution is 7.92. The highest BCUT2D eigenvalue weighted by Gasteiger charge is 2.35. The normalized spacial score (nSPS) is 11.9. The maximum atomic E-state index is 14.7. The van der Waals surface area contributed by atoms with Crippen molar-refractivity contribution in [3.63, 3.8) is 0 Å². The molecule has 0 aliphatic heterocycles. The topological polar surface area (TPSA) is 96.0 Å². The first-order valence-corrected chi connectivity index (χ1v) is 17.5. The number of amides is 2. The van der Waals surface area contributed by atoms with Crippen molar-refractivity contribution in [2.45, 2.75) is 50.6 Å². The van der Waals surface area contributed by atoms with Gasteiger partial charge in [-0.3, -0.25) is 13.9 Å². The lowest BCUT2D eigenvalue weighted by Gasteiger charge is -2.34. The van der Waals surface area contributed by atoms with Crippen LogP contribution in [0.25, 0.3) is 0 Å². The molecule has 8 nitrogen and oxygen atoms in total. The van der Waals surface area contributed by atoms with Crippen LogP contribution in [0, 0.1) is 6.92 Å². The van der Waals surface area contributed by atoms with Gasteiger partial charge < -0.3 is 15.0 Å². The van der Waals surface area contributed by atoms with Crippen LogP contribution in [0.1, 0.15) is 36.5 Å². The lowest BCUT2D eigenvalue weighted by molar-refractivity contribution is -0.140. The highest BCUT2D eigenvalue weighted by atomic mass is 35.5. The van der Waals surface area contributed by atoms with Gasteiger partial charge in [-0.2, -0.15) is 0 Å². The molecule has 0 saturated heterocycles. The van der Waals surface area contributed by atoms with Crippen molar-refractivity contribution < 1.29 is 22.7 Å². The minimum absolute atomic E-state index is 0.00167. The van der Waals surface area contributed by atoms with Crippen LogP contribution in [0.2, 0.25) is 10.0 Å². The van der Waals surface area contributed by atoms with Gasteiger partial charge in [0, 0.05) is 29.6 Å². The van der Waals surface area contributed by atoms with E-state index >= 15 is 0 Å². The average Bonchev–Trinajstić information content (AvgIpc) is 3.06. The van der Waals surface area contributed by atoms with Gasteiger partial charge in [0.1, 0.15) is 18.3 Å². The van der Waals surface area contributed by atoms with Crippen LogP contribution in [0.3, 0.4) is 0 Å². The van der Waals surface area contributed by atoms with Crippen LogP contribution in [0.4, 0.5) is 5.69 Å². The SMILES string of the molecule is CCCCNC(=O)[C@H](Cc1ccccc1)N(Cc1ccc(Cl)cc1Cl)C(=O)CN(c1cc(C)ccc1OC)S(=O)(=O)c1ccccc1. The lowest BCUT2D eigenvalue weighted by Crippen LogP contribution is -2.53. The number of benzene rings is 4. The fourth-order valence-electron chi connectivity index (χ4n) is 5.12. The summed E-state index contributed by atoms with van der Waals surface area (Å²) in [5.74, 6) is -0.689. The molecule has 2 amide bonds. The molecule has 248 valence electrons. The number of hydrogen-bond donors (Lipinski definition) is 1. The number of hydrogen-bond acceptors (Lipinski definition) is 5. The summed E-state index contributed by atoms with van der Waals surface area (Å²) < 4.78 is 35.2. The third kappa shape index (κ3) is 9.28. The van der Waals surface area contributed by atoms with E-state index in [2.05, 4.69) is 5.32 Å². The maximum absolute atomic E-state index is 14.7. The van der Waals surface area contributed by atoms with Crippen LogP contribution in [-0.2, 0) is 32.6 Å². The fraction of sp³-hybridized carbons (Fsp3) is 0.278. The van der Waals surface area contributed by atoms with E-state index < -0.39 is 28.5 Å². The van der Waals surface area contributed by atoms with Crippen molar-refractivity contribution in [2.75, 3.05) is 24.5 Å². The zero-order valence-electron chi connectivity index (χ0n) is 26.7. The maximum Gasteiger partial charge on any atom is 0.264 e. The molecule has 0 radical (unpaired) electrons. The molecule has 0 aliphatic carbocycles. The van der Waals surface area contributed by atoms with E-state index in [1.807, 2.05) is 44.2 Å². The van der Waals surface area contributed by atoms with Gasteiger partial charge in [-0.25, -0.2) is 8.42 Å². The zero-order valence-corrected chi connectivity index (χ0v) is 29.0. The van der Waals surface area contributed by atoms with Crippen molar-refractivity contribution in [2.24, 2.45) is 0 Å². The molecule has 0 aliphatic rings. The minimum Gasteiger partial charge on any atom is -0.495 e. The van der Waals surface area contributed by atoms with Gasteiger partial charge in [-0.1, -0.05) is 97.2 Å². The number of halogens is 2. The summed E-state index contributed by atoms with van der Waals surface area (Å²) in [7, 11) is -2.84. The summed E-state index contributed by atoms with van der Waals surface area (Å²) in [6.45, 7) is 3.59. The number of unbranched alkanes of at least 4 members (excludes halogenated alkanes) is 1. The number of nitrogens with zero attached hydrogens (tertiary/aromatic N) is 2. The predicted octanol–water partition coefficient (Wildman–Crippen LogP) is 7.06. The van der Waals surface area contributed by atoms with E-state index in [0.717, 1.165) is 28.3 Å². The second-order valence-corrected chi connectivity index (χ2v) is 13.8. The number of nitrogens with one attached hydrogen (secondary N) is 1. The van der Waals surface area contributed by atoms with E-state index in [0.29, 0.717) is 22.2 Å². The Hall–Kier alpha value is -4.05. The number of methoxy groups -OCH3 is 1. The Labute approximate surface area is 287 Å². The first-order chi connectivity index (χ1) is 22.5. The molecule has 0 saturated carbocycles. The molecular weight excluding hydrogens is 657 g/mol. The summed E-state index contributed by atoms with van der Waals surface area (Å²) in [4.78, 5) is 30.0. The zero-order chi connectivity index (χ0) is 34.0. The molecule has 11 heteroatoms. The molecule has 0 fully saturated rings. The fourth-order valence-corrected chi connectivity index (χ4v) is 7.03. The van der Waals surface area contributed by atoms with E-state index in [9.17, 15) is 18.0 Å². The van der Waals surface area contributed by atoms with E-state index in [1.165, 1.54) is 24.1 Å². The molecule has 0 unspecified atom stereocenters. The molecule has 0 heterocycles. The van der Waals surface area contributed by atoms with Crippen molar-refractivity contribution in [1.82, 2.24) is 10.2 Å². The molecular formula is C36H39Cl2N3O5S. The van der Waals surface area contributed by atoms with Gasteiger partial charge in [-0.05, 0) is 66.4 Å². The van der Waals surface area contributed by atoms with Gasteiger partial charge in [-0.15, -0.1) is 0 Å². The largest absolute Gasteiger partial charge is 0.495 e. The number of aryl methyl sites for hydroxylation is 1. The number of sulfonamides is 1. The molecule has 47 heavy (non-hydrogen) atoms. The Kier molecular flexibility index (Phi) is 12.7. The monoisotopic (exact) mass is 695 g/mol. The molecule has 4 aromatic rings. The second-order valence-electron chi connectivity index (χ2n) is 11.1. The van der Waals surface area contributed by atoms with Crippen LogP contribution in [0.5, 0.6) is 5.75 Å². The summed E-state index contributed by atoms with van der Waals surface area (Å²) in [6, 6.07) is 26.3. The molecule has 0 aromatic heterocycles. The van der Waals surface area contributed by atoms with E-state index in [1.54, 1.807) is 54.6 Å². The minimum atomic E-state index is -4.28. The van der Waals surface area contributed by atoms with Crippen molar-refractivity contribution in [1.29, 1.82) is 0 Å². The van der Waals surface area contributed by atoms with Gasteiger partial charge >= 0.3 is 0 Å². The molecule has 1 atom stereocenters. The predicted molar refractivity (Wildman–Crippen MR) is 188 cm³/mol. The first-order valence-electron chi connectivity index (χ1n) is 15.3. The van der Waals surface area contributed by atoms with Crippen LogP contribution < -0.4 is 14.4 Å². The van der Waals surface area contributed by atoms with E-state index in [4.69, 9.17) is 27.9 Å².